The summed E-state index contributed by atoms with van der Waals surface area (Å²) < 4.78 is 3.20. The molecular weight excluding hydrogens is 404 g/mol. The fraction of sp³-hybridized carbons (Fsp3) is 0.0435. The van der Waals surface area contributed by atoms with Gasteiger partial charge in [-0.25, -0.2) is 9.36 Å². The highest BCUT2D eigenvalue weighted by Gasteiger charge is 2.17. The number of hydrogen-bond acceptors (Lipinski definition) is 6. The number of hydrogen-bond donors (Lipinski definition) is 1. The van der Waals surface area contributed by atoms with Crippen LogP contribution in [-0.2, 0) is 0 Å². The van der Waals surface area contributed by atoms with Gasteiger partial charge in [0, 0.05) is 22.7 Å². The summed E-state index contributed by atoms with van der Waals surface area (Å²) in [5, 5.41) is 26.4. The van der Waals surface area contributed by atoms with Gasteiger partial charge in [-0.15, -0.1) is 5.10 Å². The van der Waals surface area contributed by atoms with Gasteiger partial charge in [0.1, 0.15) is 6.07 Å². The molecule has 0 spiro atoms. The summed E-state index contributed by atoms with van der Waals surface area (Å²) in [4.78, 5) is 17.3. The van der Waals surface area contributed by atoms with Crippen molar-refractivity contribution < 1.29 is 4.79 Å². The van der Waals surface area contributed by atoms with E-state index in [1.165, 1.54) is 17.1 Å². The summed E-state index contributed by atoms with van der Waals surface area (Å²) in [5.41, 5.74) is 3.34. The van der Waals surface area contributed by atoms with Gasteiger partial charge >= 0.3 is 0 Å². The average Bonchev–Trinajstić information content (AvgIpc) is 3.49. The second-order valence-corrected chi connectivity index (χ2v) is 7.08. The van der Waals surface area contributed by atoms with Gasteiger partial charge in [-0.2, -0.15) is 10.4 Å². The lowest BCUT2D eigenvalue weighted by atomic mass is 10.1. The molecular formula is C23H16N8O. The van der Waals surface area contributed by atoms with Crippen molar-refractivity contribution in [1.29, 1.82) is 5.26 Å². The number of benzene rings is 2. The molecule has 2 aromatic carbocycles. The largest absolute Gasteiger partial charge is 0.322 e. The molecule has 32 heavy (non-hydrogen) atoms. The highest BCUT2D eigenvalue weighted by molar-refractivity contribution is 6.05. The smallest absolute Gasteiger partial charge is 0.259 e. The number of fused-ring (bicyclic) bond motifs is 1. The van der Waals surface area contributed by atoms with Crippen molar-refractivity contribution in [3.63, 3.8) is 0 Å². The third-order valence-electron chi connectivity index (χ3n) is 5.17. The van der Waals surface area contributed by atoms with Crippen molar-refractivity contribution in [2.24, 2.45) is 0 Å². The zero-order valence-electron chi connectivity index (χ0n) is 17.0. The van der Waals surface area contributed by atoms with E-state index >= 15 is 0 Å². The second-order valence-electron chi connectivity index (χ2n) is 7.08. The Hall–Kier alpha value is -4.84. The number of aromatic nitrogens is 6. The summed E-state index contributed by atoms with van der Waals surface area (Å²) in [5.74, 6) is -0.320. The van der Waals surface area contributed by atoms with Crippen molar-refractivity contribution in [3.05, 3.63) is 90.3 Å². The lowest BCUT2D eigenvalue weighted by Crippen LogP contribution is -2.13. The Labute approximate surface area is 182 Å². The first-order valence-electron chi connectivity index (χ1n) is 9.75. The predicted molar refractivity (Wildman–Crippen MR) is 118 cm³/mol. The quantitative estimate of drug-likeness (QED) is 0.476. The monoisotopic (exact) mass is 420 g/mol. The lowest BCUT2D eigenvalue weighted by Gasteiger charge is -2.10. The van der Waals surface area contributed by atoms with Gasteiger partial charge < -0.3 is 5.32 Å². The Morgan fingerprint density at radius 1 is 1.09 bits per heavy atom. The first kappa shape index (κ1) is 19.1. The third kappa shape index (κ3) is 3.26. The highest BCUT2D eigenvalue weighted by Crippen LogP contribution is 2.24. The lowest BCUT2D eigenvalue weighted by molar-refractivity contribution is 0.102. The maximum atomic E-state index is 13.0. The molecule has 0 atom stereocenters. The van der Waals surface area contributed by atoms with Crippen molar-refractivity contribution >= 4 is 22.4 Å². The number of nitriles is 1. The van der Waals surface area contributed by atoms with Gasteiger partial charge in [-0.1, -0.05) is 29.5 Å². The van der Waals surface area contributed by atoms with E-state index in [9.17, 15) is 10.1 Å². The number of carbonyl (C=O) groups is 1. The van der Waals surface area contributed by atoms with Gasteiger partial charge in [0.15, 0.2) is 0 Å². The molecule has 0 saturated carbocycles. The highest BCUT2D eigenvalue weighted by atomic mass is 16.1. The molecule has 0 fully saturated rings. The van der Waals surface area contributed by atoms with Gasteiger partial charge in [-0.3, -0.25) is 9.78 Å². The normalized spacial score (nSPS) is 10.8. The SMILES string of the molecule is Cc1c(C(=O)Nc2ccc(-n3ccnn3)c(C#N)c2)cnn1-c1cncc2ccccc12. The summed E-state index contributed by atoms with van der Waals surface area (Å²) >= 11 is 0. The van der Waals surface area contributed by atoms with Crippen LogP contribution in [0.25, 0.3) is 22.1 Å². The number of anilines is 1. The Bertz CT molecular complexity index is 1490. The zero-order valence-corrected chi connectivity index (χ0v) is 17.0. The van der Waals surface area contributed by atoms with Gasteiger partial charge in [-0.05, 0) is 25.1 Å². The summed E-state index contributed by atoms with van der Waals surface area (Å²) in [6.45, 7) is 1.83. The van der Waals surface area contributed by atoms with E-state index in [2.05, 4.69) is 31.8 Å². The molecule has 0 bridgehead atoms. The molecule has 0 aliphatic carbocycles. The molecule has 3 heterocycles. The van der Waals surface area contributed by atoms with Crippen LogP contribution >= 0.6 is 0 Å². The Balaban J connectivity index is 1.45. The zero-order chi connectivity index (χ0) is 22.1. The van der Waals surface area contributed by atoms with Crippen molar-refractivity contribution in [2.75, 3.05) is 5.32 Å². The second kappa shape index (κ2) is 7.77. The molecule has 9 nitrogen and oxygen atoms in total. The van der Waals surface area contributed by atoms with E-state index in [4.69, 9.17) is 0 Å². The first-order valence-corrected chi connectivity index (χ1v) is 9.75. The predicted octanol–water partition coefficient (Wildman–Crippen LogP) is 3.43. The fourth-order valence-electron chi connectivity index (χ4n) is 3.58. The molecule has 1 N–H and O–H groups in total. The summed E-state index contributed by atoms with van der Waals surface area (Å²) in [7, 11) is 0. The minimum atomic E-state index is -0.320. The summed E-state index contributed by atoms with van der Waals surface area (Å²) in [6.07, 6.45) is 8.23. The van der Waals surface area contributed by atoms with Crippen LogP contribution in [0.4, 0.5) is 5.69 Å². The van der Waals surface area contributed by atoms with Crippen molar-refractivity contribution in [1.82, 2.24) is 29.8 Å². The molecule has 0 saturated heterocycles. The van der Waals surface area contributed by atoms with Gasteiger partial charge in [0.2, 0.25) is 0 Å². The third-order valence-corrected chi connectivity index (χ3v) is 5.17. The van der Waals surface area contributed by atoms with Crippen LogP contribution in [0.3, 0.4) is 0 Å². The van der Waals surface area contributed by atoms with E-state index in [1.54, 1.807) is 41.5 Å². The van der Waals surface area contributed by atoms with Gasteiger partial charge in [0.25, 0.3) is 5.91 Å². The van der Waals surface area contributed by atoms with Crippen LogP contribution in [0.2, 0.25) is 0 Å². The maximum absolute atomic E-state index is 13.0. The molecule has 5 aromatic rings. The number of nitrogens with one attached hydrogen (secondary N) is 1. The van der Waals surface area contributed by atoms with Crippen molar-refractivity contribution in [2.45, 2.75) is 6.92 Å². The molecule has 154 valence electrons. The number of rotatable bonds is 4. The van der Waals surface area contributed by atoms with Crippen LogP contribution < -0.4 is 5.32 Å². The molecule has 9 heteroatoms. The first-order chi connectivity index (χ1) is 15.7. The molecule has 0 radical (unpaired) electrons. The number of nitrogens with zero attached hydrogens (tertiary/aromatic N) is 7. The Morgan fingerprint density at radius 2 is 1.97 bits per heavy atom. The van der Waals surface area contributed by atoms with E-state index in [0.29, 0.717) is 28.2 Å². The van der Waals surface area contributed by atoms with Crippen LogP contribution in [0.15, 0.2) is 73.4 Å². The molecule has 3 aromatic heterocycles. The van der Waals surface area contributed by atoms with Crippen LogP contribution in [0.5, 0.6) is 0 Å². The molecule has 0 aliphatic heterocycles. The van der Waals surface area contributed by atoms with Crippen molar-refractivity contribution in [3.8, 4) is 17.4 Å². The van der Waals surface area contributed by atoms with E-state index in [0.717, 1.165) is 16.5 Å². The number of carbonyl (C=O) groups excluding carboxylic acids is 1. The fourth-order valence-corrected chi connectivity index (χ4v) is 3.58. The summed E-state index contributed by atoms with van der Waals surface area (Å²) in [6, 6.07) is 15.0. The standard InChI is InChI=1S/C23H16N8O/c1-15-20(13-27-31(15)22-14-25-12-16-4-2-3-5-19(16)22)23(32)28-18-6-7-21(17(10-18)11-24)30-9-8-26-29-30/h2-10,12-14H,1H3,(H,28,32). The maximum Gasteiger partial charge on any atom is 0.259 e. The van der Waals surface area contributed by atoms with E-state index in [1.807, 2.05) is 31.2 Å². The van der Waals surface area contributed by atoms with Crippen LogP contribution in [0, 0.1) is 18.3 Å². The molecule has 0 aliphatic rings. The number of pyridine rings is 1. The number of amides is 1. The van der Waals surface area contributed by atoms with Gasteiger partial charge in [0.05, 0.1) is 53.0 Å². The van der Waals surface area contributed by atoms with E-state index < -0.39 is 0 Å². The molecule has 5 rings (SSSR count). The molecule has 0 unspecified atom stereocenters. The Morgan fingerprint density at radius 3 is 2.78 bits per heavy atom. The van der Waals surface area contributed by atoms with E-state index in [-0.39, 0.29) is 5.91 Å². The Kier molecular flexibility index (Phi) is 4.65. The minimum Gasteiger partial charge on any atom is -0.322 e. The minimum absolute atomic E-state index is 0.320. The van der Waals surface area contributed by atoms with Crippen LogP contribution in [-0.4, -0.2) is 35.7 Å². The molecule has 1 amide bonds. The topological polar surface area (TPSA) is 114 Å². The van der Waals surface area contributed by atoms with Crippen LogP contribution in [0.1, 0.15) is 21.6 Å². The average molecular weight is 420 g/mol.